The van der Waals surface area contributed by atoms with Gasteiger partial charge in [0, 0.05) is 23.6 Å². The first-order valence-electron chi connectivity index (χ1n) is 14.4. The number of aryl methyl sites for hydroxylation is 1. The van der Waals surface area contributed by atoms with E-state index in [2.05, 4.69) is 50.4 Å². The maximum atomic E-state index is 14.4. The van der Waals surface area contributed by atoms with Gasteiger partial charge in [-0.25, -0.2) is 4.79 Å². The molecule has 0 spiro atoms. The van der Waals surface area contributed by atoms with Crippen molar-refractivity contribution >= 4 is 34.4 Å². The minimum Gasteiger partial charge on any atom is -0.351 e. The molecule has 1 aliphatic carbocycles. The number of benzene rings is 3. The third-order valence-electron chi connectivity index (χ3n) is 7.91. The van der Waals surface area contributed by atoms with E-state index in [0.717, 1.165) is 16.7 Å². The predicted molar refractivity (Wildman–Crippen MR) is 163 cm³/mol. The Hall–Kier alpha value is -4.53. The lowest BCUT2D eigenvalue weighted by Gasteiger charge is -2.28. The highest BCUT2D eigenvalue weighted by Gasteiger charge is 2.42. The van der Waals surface area contributed by atoms with Gasteiger partial charge in [-0.2, -0.15) is 15.4 Å². The van der Waals surface area contributed by atoms with Crippen LogP contribution in [-0.2, 0) is 9.59 Å². The SMILES string of the molecule is Cc1ccccc1C1CC(NC(=O)Nc2ccc3n[nH]nc3c2)C(=O)C(CC(=O)NC(C)(C)C)C(c2ccccc2)C1. The average molecular weight is 567 g/mol. The summed E-state index contributed by atoms with van der Waals surface area (Å²) in [5, 5.41) is 19.5. The fourth-order valence-electron chi connectivity index (χ4n) is 6.08. The van der Waals surface area contributed by atoms with Crippen molar-refractivity contribution in [1.29, 1.82) is 0 Å². The van der Waals surface area contributed by atoms with Gasteiger partial charge in [-0.1, -0.05) is 54.6 Å². The van der Waals surface area contributed by atoms with Crippen molar-refractivity contribution in [3.63, 3.8) is 0 Å². The van der Waals surface area contributed by atoms with E-state index in [1.807, 2.05) is 63.2 Å². The van der Waals surface area contributed by atoms with Crippen molar-refractivity contribution in [1.82, 2.24) is 26.0 Å². The van der Waals surface area contributed by atoms with E-state index in [9.17, 15) is 14.4 Å². The molecule has 9 nitrogen and oxygen atoms in total. The minimum absolute atomic E-state index is 0.00665. The molecule has 1 fully saturated rings. The van der Waals surface area contributed by atoms with Gasteiger partial charge in [0.25, 0.3) is 0 Å². The molecule has 3 aromatic carbocycles. The third-order valence-corrected chi connectivity index (χ3v) is 7.91. The second kappa shape index (κ2) is 12.1. The maximum absolute atomic E-state index is 14.4. The largest absolute Gasteiger partial charge is 0.351 e. The molecule has 1 saturated carbocycles. The summed E-state index contributed by atoms with van der Waals surface area (Å²) in [7, 11) is 0. The summed E-state index contributed by atoms with van der Waals surface area (Å²) in [6, 6.07) is 22.1. The van der Waals surface area contributed by atoms with Crippen molar-refractivity contribution < 1.29 is 14.4 Å². The second-order valence-corrected chi connectivity index (χ2v) is 12.2. The Bertz CT molecular complexity index is 1580. The van der Waals surface area contributed by atoms with E-state index in [-0.39, 0.29) is 29.9 Å². The van der Waals surface area contributed by atoms with Crippen LogP contribution in [0.1, 0.15) is 68.6 Å². The number of carbonyl (C=O) groups excluding carboxylic acids is 3. The summed E-state index contributed by atoms with van der Waals surface area (Å²) in [5.41, 5.74) is 4.71. The quantitative estimate of drug-likeness (QED) is 0.226. The molecule has 3 amide bonds. The maximum Gasteiger partial charge on any atom is 0.319 e. The molecule has 0 saturated heterocycles. The number of H-pyrrole nitrogens is 1. The number of nitrogens with one attached hydrogen (secondary N) is 4. The Morgan fingerprint density at radius 3 is 2.38 bits per heavy atom. The van der Waals surface area contributed by atoms with Crippen LogP contribution in [0.25, 0.3) is 11.0 Å². The van der Waals surface area contributed by atoms with Crippen molar-refractivity contribution in [2.24, 2.45) is 5.92 Å². The number of carbonyl (C=O) groups is 3. The normalized spacial score (nSPS) is 21.0. The average Bonchev–Trinajstić information content (AvgIpc) is 3.36. The third kappa shape index (κ3) is 6.84. The molecule has 4 atom stereocenters. The zero-order chi connectivity index (χ0) is 29.9. The van der Waals surface area contributed by atoms with Crippen LogP contribution in [0.2, 0.25) is 0 Å². The highest BCUT2D eigenvalue weighted by atomic mass is 16.2. The molecular formula is C33H38N6O3. The fraction of sp³-hybridized carbons (Fsp3) is 0.364. The lowest BCUT2D eigenvalue weighted by Crippen LogP contribution is -2.47. The fourth-order valence-corrected chi connectivity index (χ4v) is 6.08. The molecule has 4 N–H and O–H groups in total. The van der Waals surface area contributed by atoms with E-state index >= 15 is 0 Å². The molecule has 1 heterocycles. The first-order chi connectivity index (χ1) is 20.1. The van der Waals surface area contributed by atoms with Crippen molar-refractivity contribution in [2.75, 3.05) is 5.32 Å². The van der Waals surface area contributed by atoms with Crippen LogP contribution in [0.3, 0.4) is 0 Å². The first-order valence-corrected chi connectivity index (χ1v) is 14.4. The van der Waals surface area contributed by atoms with Gasteiger partial charge in [-0.05, 0) is 87.3 Å². The number of amides is 3. The van der Waals surface area contributed by atoms with Crippen LogP contribution in [0.15, 0.2) is 72.8 Å². The zero-order valence-electron chi connectivity index (χ0n) is 24.5. The van der Waals surface area contributed by atoms with Crippen LogP contribution in [0.4, 0.5) is 10.5 Å². The number of ketones is 1. The van der Waals surface area contributed by atoms with Crippen LogP contribution in [0, 0.1) is 12.8 Å². The number of hydrogen-bond donors (Lipinski definition) is 4. The number of Topliss-reactive ketones (excluding diaryl/α,β-unsaturated/α-hetero) is 1. The summed E-state index contributed by atoms with van der Waals surface area (Å²) in [6.07, 6.45) is 1.15. The van der Waals surface area contributed by atoms with Crippen LogP contribution < -0.4 is 16.0 Å². The molecule has 0 aliphatic heterocycles. The molecule has 0 bridgehead atoms. The Balaban J connectivity index is 1.48. The predicted octanol–water partition coefficient (Wildman–Crippen LogP) is 5.61. The first kappa shape index (κ1) is 29.0. The highest BCUT2D eigenvalue weighted by Crippen LogP contribution is 2.43. The van der Waals surface area contributed by atoms with Gasteiger partial charge in [0.05, 0.1) is 6.04 Å². The lowest BCUT2D eigenvalue weighted by atomic mass is 9.76. The number of aromatic nitrogens is 3. The minimum atomic E-state index is -0.786. The summed E-state index contributed by atoms with van der Waals surface area (Å²) >= 11 is 0. The summed E-state index contributed by atoms with van der Waals surface area (Å²) < 4.78 is 0. The Kier molecular flexibility index (Phi) is 8.38. The summed E-state index contributed by atoms with van der Waals surface area (Å²) in [6.45, 7) is 7.85. The van der Waals surface area contributed by atoms with Gasteiger partial charge in [0.15, 0.2) is 5.78 Å². The number of hydrogen-bond acceptors (Lipinski definition) is 5. The van der Waals surface area contributed by atoms with Crippen LogP contribution >= 0.6 is 0 Å². The van der Waals surface area contributed by atoms with Gasteiger partial charge in [-0.3, -0.25) is 9.59 Å². The molecule has 218 valence electrons. The van der Waals surface area contributed by atoms with Gasteiger partial charge >= 0.3 is 6.03 Å². The summed E-state index contributed by atoms with van der Waals surface area (Å²) in [5.74, 6) is -1.13. The molecule has 1 aromatic heterocycles. The molecule has 42 heavy (non-hydrogen) atoms. The zero-order valence-corrected chi connectivity index (χ0v) is 24.5. The molecule has 1 aliphatic rings. The number of anilines is 1. The molecule has 0 radical (unpaired) electrons. The highest BCUT2D eigenvalue weighted by molar-refractivity contribution is 5.98. The number of aromatic amines is 1. The molecule has 5 rings (SSSR count). The molecule has 4 aromatic rings. The van der Waals surface area contributed by atoms with Gasteiger partial charge in [-0.15, -0.1) is 0 Å². The standard InChI is InChI=1S/C33H38N6O3/c1-20-10-8-9-13-24(20)22-16-25(21-11-6-5-7-12-21)26(19-30(40)36-33(2,3)4)31(41)29(17-22)35-32(42)34-23-14-15-27-28(18-23)38-39-37-27/h5-15,18,22,25-26,29H,16-17,19H2,1-4H3,(H,36,40)(H2,34,35,42)(H,37,38,39). The van der Waals surface area contributed by atoms with Gasteiger partial charge in [0.2, 0.25) is 5.91 Å². The van der Waals surface area contributed by atoms with Gasteiger partial charge < -0.3 is 16.0 Å². The topological polar surface area (TPSA) is 129 Å². The van der Waals surface area contributed by atoms with Gasteiger partial charge in [0.1, 0.15) is 11.0 Å². The van der Waals surface area contributed by atoms with E-state index in [0.29, 0.717) is 29.6 Å². The number of nitrogens with zero attached hydrogens (tertiary/aromatic N) is 2. The van der Waals surface area contributed by atoms with Crippen LogP contribution in [0.5, 0.6) is 0 Å². The van der Waals surface area contributed by atoms with E-state index < -0.39 is 23.5 Å². The Labute approximate surface area is 245 Å². The van der Waals surface area contributed by atoms with Crippen molar-refractivity contribution in [3.05, 3.63) is 89.5 Å². The summed E-state index contributed by atoms with van der Waals surface area (Å²) in [4.78, 5) is 40.9. The second-order valence-electron chi connectivity index (χ2n) is 12.2. The van der Waals surface area contributed by atoms with Crippen molar-refractivity contribution in [3.8, 4) is 0 Å². The molecule has 4 unspecified atom stereocenters. The molecular weight excluding hydrogens is 528 g/mol. The monoisotopic (exact) mass is 566 g/mol. The van der Waals surface area contributed by atoms with E-state index in [1.54, 1.807) is 18.2 Å². The number of urea groups is 1. The van der Waals surface area contributed by atoms with E-state index in [1.165, 1.54) is 0 Å². The van der Waals surface area contributed by atoms with Crippen LogP contribution in [-0.4, -0.2) is 44.7 Å². The van der Waals surface area contributed by atoms with Crippen molar-refractivity contribution in [2.45, 2.75) is 70.4 Å². The molecule has 9 heteroatoms. The number of rotatable bonds is 6. The lowest BCUT2D eigenvalue weighted by molar-refractivity contribution is -0.131. The Morgan fingerprint density at radius 1 is 0.929 bits per heavy atom. The smallest absolute Gasteiger partial charge is 0.319 e. The van der Waals surface area contributed by atoms with E-state index in [4.69, 9.17) is 0 Å². The number of fused-ring (bicyclic) bond motifs is 1. The Morgan fingerprint density at radius 2 is 1.64 bits per heavy atom.